The second kappa shape index (κ2) is 9.77. The molecule has 0 aromatic carbocycles. The van der Waals surface area contributed by atoms with Crippen LogP contribution in [0.4, 0.5) is 9.59 Å². The van der Waals surface area contributed by atoms with Gasteiger partial charge in [0.25, 0.3) is 10.1 Å². The summed E-state index contributed by atoms with van der Waals surface area (Å²) >= 11 is 0. The van der Waals surface area contributed by atoms with Crippen LogP contribution in [0.15, 0.2) is 11.6 Å². The number of hydrogen-bond donors (Lipinski definition) is 2. The van der Waals surface area contributed by atoms with Gasteiger partial charge in [0, 0.05) is 13.1 Å². The van der Waals surface area contributed by atoms with Crippen molar-refractivity contribution in [2.45, 2.75) is 52.7 Å². The van der Waals surface area contributed by atoms with Crippen LogP contribution < -0.4 is 10.6 Å². The highest BCUT2D eigenvalue weighted by Crippen LogP contribution is 2.08. The third-order valence-corrected chi connectivity index (χ3v) is 2.94. The summed E-state index contributed by atoms with van der Waals surface area (Å²) in [6.07, 6.45) is 1.11. The van der Waals surface area contributed by atoms with Gasteiger partial charge in [-0.15, -0.1) is 0 Å². The molecule has 0 aliphatic carbocycles. The largest absolute Gasteiger partial charge is 0.444 e. The van der Waals surface area contributed by atoms with Gasteiger partial charge in [0.15, 0.2) is 0 Å². The van der Waals surface area contributed by atoms with Crippen LogP contribution in [0.3, 0.4) is 0 Å². The minimum absolute atomic E-state index is 0.0395. The lowest BCUT2D eigenvalue weighted by atomic mass is 10.2. The maximum Gasteiger partial charge on any atom is 0.407 e. The van der Waals surface area contributed by atoms with E-state index in [-0.39, 0.29) is 19.7 Å². The Labute approximate surface area is 155 Å². The lowest BCUT2D eigenvalue weighted by molar-refractivity contribution is 0.0530. The smallest absolute Gasteiger partial charge is 0.407 e. The maximum atomic E-state index is 11.7. The lowest BCUT2D eigenvalue weighted by Gasteiger charge is -2.21. The molecular weight excluding hydrogens is 364 g/mol. The molecule has 2 amide bonds. The van der Waals surface area contributed by atoms with Crippen LogP contribution in [-0.4, -0.2) is 57.8 Å². The van der Waals surface area contributed by atoms with Gasteiger partial charge in [-0.3, -0.25) is 4.18 Å². The highest BCUT2D eigenvalue weighted by atomic mass is 32.2. The molecule has 0 atom stereocenters. The van der Waals surface area contributed by atoms with Crippen molar-refractivity contribution in [1.29, 1.82) is 0 Å². The molecule has 0 aliphatic heterocycles. The molecule has 0 spiro atoms. The first kappa shape index (κ1) is 24.2. The van der Waals surface area contributed by atoms with Crippen LogP contribution in [0.5, 0.6) is 0 Å². The highest BCUT2D eigenvalue weighted by Gasteiger charge is 2.18. The first-order valence-corrected chi connectivity index (χ1v) is 9.85. The number of nitrogens with one attached hydrogen (secondary N) is 2. The average Bonchev–Trinajstić information content (AvgIpc) is 2.35. The summed E-state index contributed by atoms with van der Waals surface area (Å²) in [6.45, 7) is 10.2. The number of rotatable bonds is 7. The molecule has 0 saturated carbocycles. The van der Waals surface area contributed by atoms with Gasteiger partial charge in [-0.25, -0.2) is 9.59 Å². The maximum absolute atomic E-state index is 11.7. The van der Waals surface area contributed by atoms with Crippen LogP contribution in [-0.2, 0) is 23.8 Å². The van der Waals surface area contributed by atoms with Crippen molar-refractivity contribution >= 4 is 22.3 Å². The number of amides is 2. The van der Waals surface area contributed by atoms with Crippen LogP contribution in [0.1, 0.15) is 41.5 Å². The normalized spacial score (nSPS) is 12.1. The Bertz CT molecular complexity index is 579. The second-order valence-corrected chi connectivity index (χ2v) is 9.21. The van der Waals surface area contributed by atoms with E-state index in [2.05, 4.69) is 14.8 Å². The molecule has 0 aliphatic rings. The van der Waals surface area contributed by atoms with E-state index in [0.717, 1.165) is 6.26 Å². The fourth-order valence-corrected chi connectivity index (χ4v) is 1.80. The zero-order valence-corrected chi connectivity index (χ0v) is 17.3. The summed E-state index contributed by atoms with van der Waals surface area (Å²) in [5, 5.41) is 5.06. The molecule has 0 radical (unpaired) electrons. The molecule has 10 heteroatoms. The highest BCUT2D eigenvalue weighted by molar-refractivity contribution is 7.85. The summed E-state index contributed by atoms with van der Waals surface area (Å²) in [6, 6.07) is 0. The van der Waals surface area contributed by atoms with E-state index in [4.69, 9.17) is 9.47 Å². The summed E-state index contributed by atoms with van der Waals surface area (Å²) in [7, 11) is -3.60. The Hall–Kier alpha value is -1.81. The Morgan fingerprint density at radius 3 is 1.58 bits per heavy atom. The topological polar surface area (TPSA) is 120 Å². The van der Waals surface area contributed by atoms with E-state index >= 15 is 0 Å². The van der Waals surface area contributed by atoms with Gasteiger partial charge in [0.05, 0.1) is 12.9 Å². The molecule has 0 rings (SSSR count). The number of ether oxygens (including phenoxy) is 2. The van der Waals surface area contributed by atoms with E-state index < -0.39 is 33.5 Å². The lowest BCUT2D eigenvalue weighted by Crippen LogP contribution is -2.37. The predicted molar refractivity (Wildman–Crippen MR) is 97.4 cm³/mol. The molecular formula is C16H30N2O7S. The van der Waals surface area contributed by atoms with Gasteiger partial charge in [0.1, 0.15) is 11.2 Å². The Morgan fingerprint density at radius 2 is 1.27 bits per heavy atom. The first-order valence-electron chi connectivity index (χ1n) is 8.03. The van der Waals surface area contributed by atoms with Crippen molar-refractivity contribution in [2.75, 3.05) is 26.0 Å². The van der Waals surface area contributed by atoms with Crippen LogP contribution in [0.2, 0.25) is 0 Å². The monoisotopic (exact) mass is 394 g/mol. The zero-order chi connectivity index (χ0) is 20.6. The molecule has 26 heavy (non-hydrogen) atoms. The van der Waals surface area contributed by atoms with Crippen LogP contribution >= 0.6 is 0 Å². The summed E-state index contributed by atoms with van der Waals surface area (Å²) in [5.74, 6) is 0. The molecule has 0 aromatic heterocycles. The first-order chi connectivity index (χ1) is 11.6. The fraction of sp³-hybridized carbons (Fsp3) is 0.750. The number of alkyl carbamates (subject to hydrolysis) is 2. The standard InChI is InChI=1S/C16H30N2O7S/c1-15(2,3)24-13(19)17-10-12(8-9-23-26(7,21)22)11-18-14(20)25-16(4,5)6/h8H,9-11H2,1-7H3,(H,17,19)(H,18,20). The average molecular weight is 394 g/mol. The third kappa shape index (κ3) is 15.7. The third-order valence-electron chi connectivity index (χ3n) is 2.37. The summed E-state index contributed by atoms with van der Waals surface area (Å²) < 4.78 is 36.9. The Kier molecular flexibility index (Phi) is 9.09. The van der Waals surface area contributed by atoms with Crippen molar-refractivity contribution in [1.82, 2.24) is 10.6 Å². The molecule has 2 N–H and O–H groups in total. The van der Waals surface area contributed by atoms with Gasteiger partial charge >= 0.3 is 12.2 Å². The van der Waals surface area contributed by atoms with Crippen molar-refractivity contribution in [3.8, 4) is 0 Å². The molecule has 0 saturated heterocycles. The van der Waals surface area contributed by atoms with Crippen molar-refractivity contribution in [2.24, 2.45) is 0 Å². The zero-order valence-electron chi connectivity index (χ0n) is 16.5. The van der Waals surface area contributed by atoms with E-state index in [9.17, 15) is 18.0 Å². The fourth-order valence-electron chi connectivity index (χ4n) is 1.48. The van der Waals surface area contributed by atoms with Crippen LogP contribution in [0, 0.1) is 0 Å². The van der Waals surface area contributed by atoms with Crippen molar-refractivity contribution in [3.63, 3.8) is 0 Å². The number of carbonyl (C=O) groups excluding carboxylic acids is 2. The Morgan fingerprint density at radius 1 is 0.885 bits per heavy atom. The number of carbonyl (C=O) groups is 2. The Balaban J connectivity index is 4.77. The molecule has 152 valence electrons. The van der Waals surface area contributed by atoms with E-state index in [1.165, 1.54) is 6.08 Å². The van der Waals surface area contributed by atoms with Crippen molar-refractivity contribution < 1.29 is 31.7 Å². The minimum Gasteiger partial charge on any atom is -0.444 e. The van der Waals surface area contributed by atoms with E-state index in [0.29, 0.717) is 5.57 Å². The molecule has 0 unspecified atom stereocenters. The molecule has 0 fully saturated rings. The van der Waals surface area contributed by atoms with Gasteiger partial charge in [0.2, 0.25) is 0 Å². The summed E-state index contributed by atoms with van der Waals surface area (Å²) in [5.41, 5.74) is -0.782. The van der Waals surface area contributed by atoms with E-state index in [1.807, 2.05) is 0 Å². The van der Waals surface area contributed by atoms with Crippen LogP contribution in [0.25, 0.3) is 0 Å². The molecule has 0 bridgehead atoms. The summed E-state index contributed by atoms with van der Waals surface area (Å²) in [4.78, 5) is 23.4. The molecule has 0 heterocycles. The number of hydrogen-bond acceptors (Lipinski definition) is 7. The van der Waals surface area contributed by atoms with Crippen molar-refractivity contribution in [3.05, 3.63) is 11.6 Å². The minimum atomic E-state index is -3.60. The predicted octanol–water partition coefficient (Wildman–Crippen LogP) is 1.94. The SMILES string of the molecule is CC(C)(C)OC(=O)NCC(=CCOS(C)(=O)=O)CNC(=O)OC(C)(C)C. The quantitative estimate of drug-likeness (QED) is 0.500. The van der Waals surface area contributed by atoms with E-state index in [1.54, 1.807) is 41.5 Å². The van der Waals surface area contributed by atoms with Gasteiger partial charge < -0.3 is 20.1 Å². The van der Waals surface area contributed by atoms with Gasteiger partial charge in [-0.05, 0) is 47.1 Å². The second-order valence-electron chi connectivity index (χ2n) is 7.56. The molecule has 9 nitrogen and oxygen atoms in total. The molecule has 0 aromatic rings. The van der Waals surface area contributed by atoms with Gasteiger partial charge in [-0.2, -0.15) is 8.42 Å². The van der Waals surface area contributed by atoms with Gasteiger partial charge in [-0.1, -0.05) is 6.08 Å².